The van der Waals surface area contributed by atoms with Gasteiger partial charge in [-0.05, 0) is 112 Å². The average Bonchev–Trinajstić information content (AvgIpc) is 3.77. The molecule has 45 heavy (non-hydrogen) atoms. The summed E-state index contributed by atoms with van der Waals surface area (Å²) in [6, 6.07) is 51.4. The van der Waals surface area contributed by atoms with Crippen LogP contribution in [-0.4, -0.2) is 9.55 Å². The molecule has 0 atom stereocenters. The van der Waals surface area contributed by atoms with Gasteiger partial charge in [0.1, 0.15) is 0 Å². The Kier molecular flexibility index (Phi) is 5.25. The van der Waals surface area contributed by atoms with E-state index in [1.165, 1.54) is 81.1 Å². The van der Waals surface area contributed by atoms with Gasteiger partial charge in [0.2, 0.25) is 0 Å². The SMILES string of the molecule is c1cc(-c2ccc3c(c2)-c2ccccc2C3)cc(-c2ccc3c(c2)c2ccccc2n3-c2ccc3sc4cccnc4c3c2)c1. The lowest BCUT2D eigenvalue weighted by atomic mass is 9.95. The van der Waals surface area contributed by atoms with Gasteiger partial charge in [0.05, 0.1) is 21.3 Å². The third-order valence-electron chi connectivity index (χ3n) is 9.47. The molecule has 6 aromatic carbocycles. The van der Waals surface area contributed by atoms with Crippen molar-refractivity contribution in [3.63, 3.8) is 0 Å². The van der Waals surface area contributed by atoms with Crippen LogP contribution in [0.1, 0.15) is 11.1 Å². The first-order valence-corrected chi connectivity index (χ1v) is 16.2. The van der Waals surface area contributed by atoms with E-state index in [4.69, 9.17) is 4.98 Å². The van der Waals surface area contributed by atoms with Crippen molar-refractivity contribution >= 4 is 53.4 Å². The minimum absolute atomic E-state index is 1.02. The van der Waals surface area contributed by atoms with Gasteiger partial charge in [0.25, 0.3) is 0 Å². The summed E-state index contributed by atoms with van der Waals surface area (Å²) in [5.74, 6) is 0. The van der Waals surface area contributed by atoms with E-state index < -0.39 is 0 Å². The summed E-state index contributed by atoms with van der Waals surface area (Å²) in [6.45, 7) is 0. The normalized spacial score (nSPS) is 12.4. The van der Waals surface area contributed by atoms with Crippen molar-refractivity contribution in [2.24, 2.45) is 0 Å². The number of hydrogen-bond donors (Lipinski definition) is 0. The Morgan fingerprint density at radius 2 is 1.27 bits per heavy atom. The van der Waals surface area contributed by atoms with Crippen molar-refractivity contribution in [1.82, 2.24) is 9.55 Å². The highest BCUT2D eigenvalue weighted by molar-refractivity contribution is 7.25. The predicted octanol–water partition coefficient (Wildman–Crippen LogP) is 11.5. The van der Waals surface area contributed by atoms with E-state index in [0.717, 1.165) is 17.6 Å². The Balaban J connectivity index is 1.10. The predicted molar refractivity (Wildman–Crippen MR) is 191 cm³/mol. The molecule has 3 aromatic heterocycles. The number of nitrogens with zero attached hydrogens (tertiary/aromatic N) is 2. The molecule has 10 rings (SSSR count). The summed E-state index contributed by atoms with van der Waals surface area (Å²) < 4.78 is 4.89. The fraction of sp³-hybridized carbons (Fsp3) is 0.0238. The van der Waals surface area contributed by atoms with E-state index in [0.29, 0.717) is 0 Å². The van der Waals surface area contributed by atoms with Crippen molar-refractivity contribution in [2.75, 3.05) is 0 Å². The molecule has 3 heterocycles. The van der Waals surface area contributed by atoms with E-state index in [9.17, 15) is 0 Å². The first kappa shape index (κ1) is 24.9. The maximum atomic E-state index is 4.72. The van der Waals surface area contributed by atoms with Crippen LogP contribution in [0.15, 0.2) is 146 Å². The summed E-state index contributed by atoms with van der Waals surface area (Å²) in [6.07, 6.45) is 2.91. The molecule has 0 spiro atoms. The molecule has 9 aromatic rings. The van der Waals surface area contributed by atoms with Gasteiger partial charge in [0, 0.05) is 32.7 Å². The topological polar surface area (TPSA) is 17.8 Å². The van der Waals surface area contributed by atoms with E-state index in [1.807, 2.05) is 12.3 Å². The van der Waals surface area contributed by atoms with Crippen molar-refractivity contribution in [2.45, 2.75) is 6.42 Å². The zero-order valence-electron chi connectivity index (χ0n) is 24.4. The van der Waals surface area contributed by atoms with Crippen molar-refractivity contribution in [3.05, 3.63) is 157 Å². The van der Waals surface area contributed by atoms with Gasteiger partial charge in [0.15, 0.2) is 0 Å². The molecule has 0 aliphatic heterocycles. The molecule has 1 aliphatic rings. The number of aromatic nitrogens is 2. The van der Waals surface area contributed by atoms with Crippen LogP contribution in [0.4, 0.5) is 0 Å². The molecule has 210 valence electrons. The number of rotatable bonds is 3. The highest BCUT2D eigenvalue weighted by atomic mass is 32.1. The Morgan fingerprint density at radius 1 is 0.489 bits per heavy atom. The summed E-state index contributed by atoms with van der Waals surface area (Å²) in [5, 5.41) is 3.73. The molecule has 0 amide bonds. The third-order valence-corrected chi connectivity index (χ3v) is 10.6. The fourth-order valence-electron chi connectivity index (χ4n) is 7.34. The number of thiophene rings is 1. The van der Waals surface area contributed by atoms with E-state index in [-0.39, 0.29) is 0 Å². The largest absolute Gasteiger partial charge is 0.309 e. The summed E-state index contributed by atoms with van der Waals surface area (Å²) in [7, 11) is 0. The number of para-hydroxylation sites is 1. The van der Waals surface area contributed by atoms with Gasteiger partial charge >= 0.3 is 0 Å². The number of hydrogen-bond acceptors (Lipinski definition) is 2. The first-order valence-electron chi connectivity index (χ1n) is 15.4. The van der Waals surface area contributed by atoms with Gasteiger partial charge in [-0.25, -0.2) is 0 Å². The van der Waals surface area contributed by atoms with Crippen LogP contribution in [0.2, 0.25) is 0 Å². The lowest BCUT2D eigenvalue weighted by Gasteiger charge is -2.10. The van der Waals surface area contributed by atoms with Crippen LogP contribution in [-0.2, 0) is 6.42 Å². The monoisotopic (exact) mass is 590 g/mol. The number of benzene rings is 6. The second kappa shape index (κ2) is 9.49. The van der Waals surface area contributed by atoms with Gasteiger partial charge in [-0.15, -0.1) is 11.3 Å². The standard InChI is InChI=1S/C42H26N2S/c1-2-10-33-30(7-1)22-31-15-14-28(23-35(31)33)26-8-5-9-27(21-26)29-16-18-39-36(24-29)34-11-3-4-12-38(34)44(39)32-17-19-40-37(25-32)42-41(45-40)13-6-20-43-42/h1-21,23-25H,22H2. The van der Waals surface area contributed by atoms with E-state index >= 15 is 0 Å². The highest BCUT2D eigenvalue weighted by Crippen LogP contribution is 2.41. The molecule has 0 unspecified atom stereocenters. The lowest BCUT2D eigenvalue weighted by molar-refractivity contribution is 1.19. The van der Waals surface area contributed by atoms with Gasteiger partial charge in [-0.3, -0.25) is 4.98 Å². The first-order chi connectivity index (χ1) is 22.3. The van der Waals surface area contributed by atoms with Gasteiger partial charge in [-0.2, -0.15) is 0 Å². The summed E-state index contributed by atoms with van der Waals surface area (Å²) in [4.78, 5) is 4.72. The third kappa shape index (κ3) is 3.78. The minimum Gasteiger partial charge on any atom is -0.309 e. The molecule has 0 N–H and O–H groups in total. The molecule has 0 saturated carbocycles. The molecule has 0 bridgehead atoms. The van der Waals surface area contributed by atoms with Crippen LogP contribution >= 0.6 is 11.3 Å². The maximum absolute atomic E-state index is 4.72. The molecule has 1 aliphatic carbocycles. The maximum Gasteiger partial charge on any atom is 0.0889 e. The van der Waals surface area contributed by atoms with Crippen molar-refractivity contribution < 1.29 is 0 Å². The van der Waals surface area contributed by atoms with Gasteiger partial charge in [-0.1, -0.05) is 78.9 Å². The van der Waals surface area contributed by atoms with Crippen molar-refractivity contribution in [1.29, 1.82) is 0 Å². The molecule has 2 nitrogen and oxygen atoms in total. The van der Waals surface area contributed by atoms with Crippen LogP contribution in [0.5, 0.6) is 0 Å². The lowest BCUT2D eigenvalue weighted by Crippen LogP contribution is -1.93. The highest BCUT2D eigenvalue weighted by Gasteiger charge is 2.19. The number of pyridine rings is 1. The summed E-state index contributed by atoms with van der Waals surface area (Å²) in [5.41, 5.74) is 15.2. The molecule has 0 fully saturated rings. The quantitative estimate of drug-likeness (QED) is 0.200. The summed E-state index contributed by atoms with van der Waals surface area (Å²) >= 11 is 1.80. The molecule has 0 saturated heterocycles. The second-order valence-corrected chi connectivity index (χ2v) is 13.1. The van der Waals surface area contributed by atoms with E-state index in [2.05, 4.69) is 138 Å². The Morgan fingerprint density at radius 3 is 2.22 bits per heavy atom. The van der Waals surface area contributed by atoms with Crippen LogP contribution in [0, 0.1) is 0 Å². The Hall–Kier alpha value is -5.51. The average molecular weight is 591 g/mol. The van der Waals surface area contributed by atoms with E-state index in [1.54, 1.807) is 11.3 Å². The second-order valence-electron chi connectivity index (χ2n) is 12.0. The van der Waals surface area contributed by atoms with Gasteiger partial charge < -0.3 is 4.57 Å². The number of fused-ring (bicyclic) bond motifs is 9. The van der Waals surface area contributed by atoms with Crippen LogP contribution in [0.25, 0.3) is 81.2 Å². The zero-order valence-corrected chi connectivity index (χ0v) is 25.2. The van der Waals surface area contributed by atoms with Crippen LogP contribution < -0.4 is 0 Å². The minimum atomic E-state index is 1.02. The van der Waals surface area contributed by atoms with Crippen molar-refractivity contribution in [3.8, 4) is 39.1 Å². The molecular formula is C42H26N2S. The van der Waals surface area contributed by atoms with Crippen LogP contribution in [0.3, 0.4) is 0 Å². The zero-order chi connectivity index (χ0) is 29.5. The Bertz CT molecular complexity index is 2640. The molecule has 3 heteroatoms. The fourth-order valence-corrected chi connectivity index (χ4v) is 8.38. The molecule has 0 radical (unpaired) electrons. The Labute approximate surface area is 264 Å². The molecular weight excluding hydrogens is 565 g/mol. The smallest absolute Gasteiger partial charge is 0.0889 e.